The van der Waals surface area contributed by atoms with E-state index in [1.165, 1.54) is 0 Å². The van der Waals surface area contributed by atoms with Crippen LogP contribution in [0.25, 0.3) is 0 Å². The van der Waals surface area contributed by atoms with Gasteiger partial charge in [0.25, 0.3) is 0 Å². The minimum absolute atomic E-state index is 0. The molecule has 0 bridgehead atoms. The van der Waals surface area contributed by atoms with Gasteiger partial charge >= 0.3 is 45.5 Å². The Morgan fingerprint density at radius 1 is 0.714 bits per heavy atom. The predicted molar refractivity (Wildman–Crippen MR) is 48.7 cm³/mol. The average Bonchev–Trinajstić information content (AvgIpc) is 1.81. The average molecular weight is 318 g/mol. The minimum Gasteiger partial charge on any atom is -0.748 e. The van der Waals surface area contributed by atoms with Gasteiger partial charge in [-0.05, 0) is 12.8 Å². The van der Waals surface area contributed by atoms with E-state index in [9.17, 15) is 25.9 Å². The molecule has 0 heterocycles. The van der Waals surface area contributed by atoms with Gasteiger partial charge in [-0.1, -0.05) is 6.42 Å². The zero-order chi connectivity index (χ0) is 10.5. The van der Waals surface area contributed by atoms with Crippen molar-refractivity contribution < 1.29 is 25.9 Å². The second-order valence-electron chi connectivity index (χ2n) is 2.58. The van der Waals surface area contributed by atoms with Gasteiger partial charge < -0.3 is 9.11 Å². The van der Waals surface area contributed by atoms with Gasteiger partial charge in [-0.25, -0.2) is 16.8 Å². The standard InChI is InChI=1S/C5H12O6S2.Sr/c6-12(7,8)4-2-1-3-5-13(9,10)11;/h1-5H2,(H,6,7,8)(H,9,10,11);/q;+2/p-2. The molecule has 0 aliphatic carbocycles. The molecule has 9 heteroatoms. The van der Waals surface area contributed by atoms with Crippen molar-refractivity contribution in [2.45, 2.75) is 19.3 Å². The second kappa shape index (κ2) is 7.55. The van der Waals surface area contributed by atoms with Crippen LogP contribution in [-0.4, -0.2) is 82.9 Å². The molecule has 14 heavy (non-hydrogen) atoms. The number of hydrogen-bond acceptors (Lipinski definition) is 6. The zero-order valence-electron chi connectivity index (χ0n) is 7.51. The Kier molecular flexibility index (Phi) is 9.54. The van der Waals surface area contributed by atoms with Gasteiger partial charge in [0, 0.05) is 11.5 Å². The third kappa shape index (κ3) is 15.8. The first-order valence-electron chi connectivity index (χ1n) is 3.58. The summed E-state index contributed by atoms with van der Waals surface area (Å²) < 4.78 is 60.3. The number of unbranched alkanes of at least 4 members (excludes halogenated alkanes) is 2. The summed E-state index contributed by atoms with van der Waals surface area (Å²) in [6.07, 6.45) is 0.450. The number of hydrogen-bond donors (Lipinski definition) is 0. The molecule has 0 aromatic heterocycles. The molecule has 0 N–H and O–H groups in total. The van der Waals surface area contributed by atoms with Crippen molar-refractivity contribution in [2.24, 2.45) is 0 Å². The van der Waals surface area contributed by atoms with Crippen LogP contribution >= 0.6 is 0 Å². The Morgan fingerprint density at radius 3 is 1.21 bits per heavy atom. The zero-order valence-corrected chi connectivity index (χ0v) is 12.6. The van der Waals surface area contributed by atoms with E-state index in [0.29, 0.717) is 0 Å². The molecule has 0 saturated carbocycles. The maximum atomic E-state index is 10.1. The molecule has 0 amide bonds. The molecule has 6 nitrogen and oxygen atoms in total. The van der Waals surface area contributed by atoms with E-state index in [-0.39, 0.29) is 64.7 Å². The van der Waals surface area contributed by atoms with Crippen LogP contribution in [0.2, 0.25) is 0 Å². The molecule has 0 rings (SSSR count). The second-order valence-corrected chi connectivity index (χ2v) is 5.63. The van der Waals surface area contributed by atoms with Crippen molar-refractivity contribution in [2.75, 3.05) is 11.5 Å². The van der Waals surface area contributed by atoms with Crippen LogP contribution < -0.4 is 0 Å². The van der Waals surface area contributed by atoms with Crippen molar-refractivity contribution in [3.63, 3.8) is 0 Å². The molecule has 0 aromatic rings. The first kappa shape index (κ1) is 17.7. The summed E-state index contributed by atoms with van der Waals surface area (Å²) in [5.74, 6) is -1.02. The Labute approximate surface area is 121 Å². The van der Waals surface area contributed by atoms with E-state index in [2.05, 4.69) is 0 Å². The summed E-state index contributed by atoms with van der Waals surface area (Å²) >= 11 is 0. The third-order valence-corrected chi connectivity index (χ3v) is 2.87. The third-order valence-electron chi connectivity index (χ3n) is 1.29. The molecule has 0 aliphatic rings. The number of rotatable bonds is 6. The quantitative estimate of drug-likeness (QED) is 0.348. The van der Waals surface area contributed by atoms with Crippen molar-refractivity contribution in [1.82, 2.24) is 0 Å². The first-order valence-corrected chi connectivity index (χ1v) is 6.73. The van der Waals surface area contributed by atoms with Gasteiger partial charge in [0.05, 0.1) is 20.2 Å². The van der Waals surface area contributed by atoms with Gasteiger partial charge in [-0.2, -0.15) is 0 Å². The van der Waals surface area contributed by atoms with Crippen LogP contribution in [0, 0.1) is 0 Å². The summed E-state index contributed by atoms with van der Waals surface area (Å²) in [4.78, 5) is 0. The summed E-state index contributed by atoms with van der Waals surface area (Å²) in [7, 11) is -8.44. The van der Waals surface area contributed by atoms with Gasteiger partial charge in [0.15, 0.2) is 0 Å². The molecule has 0 fully saturated rings. The normalized spacial score (nSPS) is 12.1. The molecule has 0 unspecified atom stereocenters. The molecular formula is C5H10O6S2Sr. The summed E-state index contributed by atoms with van der Waals surface area (Å²) in [6, 6.07) is 0. The fourth-order valence-electron chi connectivity index (χ4n) is 0.734. The van der Waals surface area contributed by atoms with Crippen LogP contribution in [0.4, 0.5) is 0 Å². The van der Waals surface area contributed by atoms with Crippen molar-refractivity contribution in [3.8, 4) is 0 Å². The van der Waals surface area contributed by atoms with Crippen molar-refractivity contribution in [3.05, 3.63) is 0 Å². The fraction of sp³-hybridized carbons (Fsp3) is 1.00. The smallest absolute Gasteiger partial charge is 0.748 e. The van der Waals surface area contributed by atoms with E-state index < -0.39 is 31.7 Å². The summed E-state index contributed by atoms with van der Waals surface area (Å²) in [6.45, 7) is 0. The Balaban J connectivity index is 0. The van der Waals surface area contributed by atoms with Gasteiger partial charge in [-0.3, -0.25) is 0 Å². The first-order chi connectivity index (χ1) is 5.71. The Morgan fingerprint density at radius 2 is 1.00 bits per heavy atom. The molecule has 0 spiro atoms. The van der Waals surface area contributed by atoms with Crippen LogP contribution in [0.15, 0.2) is 0 Å². The minimum atomic E-state index is -4.22. The fourth-order valence-corrected chi connectivity index (χ4v) is 1.85. The van der Waals surface area contributed by atoms with E-state index in [0.717, 1.165) is 0 Å². The maximum absolute atomic E-state index is 10.1. The largest absolute Gasteiger partial charge is 2.00 e. The van der Waals surface area contributed by atoms with Crippen LogP contribution in [-0.2, 0) is 20.2 Å². The Bertz CT molecular complexity index is 297. The van der Waals surface area contributed by atoms with Crippen molar-refractivity contribution in [1.29, 1.82) is 0 Å². The molecule has 0 aromatic carbocycles. The molecule has 0 aliphatic heterocycles. The predicted octanol–water partition coefficient (Wildman–Crippen LogP) is -1.13. The van der Waals surface area contributed by atoms with E-state index >= 15 is 0 Å². The maximum Gasteiger partial charge on any atom is 2.00 e. The summed E-state index contributed by atoms with van der Waals surface area (Å²) in [5, 5.41) is 0. The molecule has 80 valence electrons. The SMILES string of the molecule is O=S(=O)([O-])CCCCCS(=O)(=O)[O-].[Sr+2]. The van der Waals surface area contributed by atoms with Gasteiger partial charge in [-0.15, -0.1) is 0 Å². The van der Waals surface area contributed by atoms with Crippen molar-refractivity contribution >= 4 is 65.7 Å². The van der Waals surface area contributed by atoms with Crippen LogP contribution in [0.3, 0.4) is 0 Å². The van der Waals surface area contributed by atoms with E-state index in [1.54, 1.807) is 0 Å². The van der Waals surface area contributed by atoms with E-state index in [4.69, 9.17) is 0 Å². The molecular weight excluding hydrogens is 308 g/mol. The van der Waals surface area contributed by atoms with Gasteiger partial charge in [0.1, 0.15) is 0 Å². The Hall–Kier alpha value is 1.30. The van der Waals surface area contributed by atoms with E-state index in [1.807, 2.05) is 0 Å². The van der Waals surface area contributed by atoms with Gasteiger partial charge in [0.2, 0.25) is 0 Å². The molecule has 0 atom stereocenters. The summed E-state index contributed by atoms with van der Waals surface area (Å²) in [5.41, 5.74) is 0. The van der Waals surface area contributed by atoms with Crippen LogP contribution in [0.1, 0.15) is 19.3 Å². The van der Waals surface area contributed by atoms with Crippen LogP contribution in [0.5, 0.6) is 0 Å². The molecule has 0 radical (unpaired) electrons. The molecule has 0 saturated heterocycles. The topological polar surface area (TPSA) is 114 Å². The monoisotopic (exact) mass is 318 g/mol.